The van der Waals surface area contributed by atoms with Crippen LogP contribution in [0.4, 0.5) is 0 Å². The molecule has 1 amide bonds. The molecule has 4 heteroatoms. The molecule has 3 fully saturated rings. The quantitative estimate of drug-likeness (QED) is 0.871. The van der Waals surface area contributed by atoms with Crippen molar-refractivity contribution in [3.8, 4) is 0 Å². The normalized spacial score (nSPS) is 30.1. The number of nitrogens with zero attached hydrogens (tertiary/aromatic N) is 1. The number of piperidine rings is 1. The smallest absolute Gasteiger partial charge is 0.230 e. The molecule has 2 heterocycles. The molecule has 0 radical (unpaired) electrons. The highest BCUT2D eigenvalue weighted by atomic mass is 16.5. The summed E-state index contributed by atoms with van der Waals surface area (Å²) in [6.45, 7) is 4.50. The van der Waals surface area contributed by atoms with E-state index >= 15 is 0 Å². The fraction of sp³-hybridized carbons (Fsp3) is 0.650. The maximum absolute atomic E-state index is 12.9. The minimum atomic E-state index is -0.316. The van der Waals surface area contributed by atoms with Gasteiger partial charge in [0, 0.05) is 32.8 Å². The Kier molecular flexibility index (Phi) is 4.59. The van der Waals surface area contributed by atoms with Crippen LogP contribution in [0.25, 0.3) is 0 Å². The number of rotatable bonds is 6. The topological polar surface area (TPSA) is 41.6 Å². The molecule has 2 aliphatic heterocycles. The third-order valence-corrected chi connectivity index (χ3v) is 5.96. The summed E-state index contributed by atoms with van der Waals surface area (Å²) >= 11 is 0. The number of hydrogen-bond donors (Lipinski definition) is 1. The average Bonchev–Trinajstić information content (AvgIpc) is 3.35. The van der Waals surface area contributed by atoms with E-state index in [1.165, 1.54) is 18.4 Å². The zero-order valence-corrected chi connectivity index (χ0v) is 14.4. The predicted molar refractivity (Wildman–Crippen MR) is 93.7 cm³/mol. The molecule has 1 aliphatic carbocycles. The first-order chi connectivity index (χ1) is 11.8. The summed E-state index contributed by atoms with van der Waals surface area (Å²) in [7, 11) is 0. The van der Waals surface area contributed by atoms with E-state index in [1.807, 2.05) is 0 Å². The molecule has 0 aromatic heterocycles. The highest BCUT2D eigenvalue weighted by molar-refractivity contribution is 5.84. The summed E-state index contributed by atoms with van der Waals surface area (Å²) in [5.41, 5.74) is 1.05. The Hall–Kier alpha value is -1.39. The molecule has 1 aromatic carbocycles. The van der Waals surface area contributed by atoms with Gasteiger partial charge >= 0.3 is 0 Å². The molecular weight excluding hydrogens is 300 g/mol. The van der Waals surface area contributed by atoms with E-state index in [-0.39, 0.29) is 17.4 Å². The van der Waals surface area contributed by atoms with Crippen molar-refractivity contribution in [1.82, 2.24) is 10.2 Å². The summed E-state index contributed by atoms with van der Waals surface area (Å²) in [5.74, 6) is 0.963. The van der Waals surface area contributed by atoms with Crippen LogP contribution in [-0.4, -0.2) is 49.7 Å². The first-order valence-electron chi connectivity index (χ1n) is 9.42. The second kappa shape index (κ2) is 6.85. The molecule has 0 bridgehead atoms. The minimum Gasteiger partial charge on any atom is -0.377 e. The van der Waals surface area contributed by atoms with Gasteiger partial charge < -0.3 is 15.0 Å². The lowest BCUT2D eigenvalue weighted by Gasteiger charge is -2.42. The number of fused-ring (bicyclic) bond motifs is 1. The van der Waals surface area contributed by atoms with Crippen LogP contribution in [0.2, 0.25) is 0 Å². The maximum Gasteiger partial charge on any atom is 0.230 e. The zero-order chi connectivity index (χ0) is 16.4. The van der Waals surface area contributed by atoms with Crippen LogP contribution in [0.15, 0.2) is 30.3 Å². The molecule has 2 atom stereocenters. The van der Waals surface area contributed by atoms with Crippen molar-refractivity contribution in [3.63, 3.8) is 0 Å². The Labute approximate surface area is 144 Å². The van der Waals surface area contributed by atoms with Crippen LogP contribution < -0.4 is 5.32 Å². The number of amides is 1. The Bertz CT molecular complexity index is 572. The largest absolute Gasteiger partial charge is 0.377 e. The molecule has 24 heavy (non-hydrogen) atoms. The summed E-state index contributed by atoms with van der Waals surface area (Å²) < 4.78 is 5.93. The second-order valence-electron chi connectivity index (χ2n) is 7.72. The van der Waals surface area contributed by atoms with Gasteiger partial charge in [0.15, 0.2) is 0 Å². The van der Waals surface area contributed by atoms with Crippen molar-refractivity contribution < 1.29 is 9.53 Å². The minimum absolute atomic E-state index is 0.115. The molecule has 1 saturated carbocycles. The van der Waals surface area contributed by atoms with Crippen LogP contribution in [0, 0.1) is 11.3 Å². The molecule has 4 nitrogen and oxygen atoms in total. The van der Waals surface area contributed by atoms with E-state index in [0.29, 0.717) is 0 Å². The Balaban J connectivity index is 1.38. The zero-order valence-electron chi connectivity index (χ0n) is 14.4. The summed E-state index contributed by atoms with van der Waals surface area (Å²) in [6, 6.07) is 10.6. The molecule has 1 aromatic rings. The van der Waals surface area contributed by atoms with Gasteiger partial charge in [0.2, 0.25) is 5.91 Å². The van der Waals surface area contributed by atoms with Gasteiger partial charge in [0.05, 0.1) is 11.5 Å². The molecule has 130 valence electrons. The van der Waals surface area contributed by atoms with Gasteiger partial charge in [-0.3, -0.25) is 4.79 Å². The van der Waals surface area contributed by atoms with Gasteiger partial charge in [-0.05, 0) is 43.6 Å². The average molecular weight is 328 g/mol. The first-order valence-corrected chi connectivity index (χ1v) is 9.42. The molecule has 0 spiro atoms. The van der Waals surface area contributed by atoms with Gasteiger partial charge in [-0.2, -0.15) is 0 Å². The Morgan fingerprint density at radius 2 is 2.08 bits per heavy atom. The molecule has 0 unspecified atom stereocenters. The van der Waals surface area contributed by atoms with Crippen LogP contribution in [0.5, 0.6) is 0 Å². The second-order valence-corrected chi connectivity index (χ2v) is 7.72. The van der Waals surface area contributed by atoms with E-state index in [1.54, 1.807) is 0 Å². The molecule has 4 rings (SSSR count). The van der Waals surface area contributed by atoms with Gasteiger partial charge in [-0.25, -0.2) is 0 Å². The Morgan fingerprint density at radius 3 is 2.88 bits per heavy atom. The third-order valence-electron chi connectivity index (χ3n) is 5.96. The van der Waals surface area contributed by atoms with Crippen molar-refractivity contribution in [2.45, 2.75) is 38.2 Å². The van der Waals surface area contributed by atoms with Gasteiger partial charge in [0.25, 0.3) is 0 Å². The maximum atomic E-state index is 12.9. The van der Waals surface area contributed by atoms with Crippen molar-refractivity contribution in [3.05, 3.63) is 35.9 Å². The van der Waals surface area contributed by atoms with Gasteiger partial charge in [-0.1, -0.05) is 30.3 Å². The predicted octanol–water partition coefficient (Wildman–Crippen LogP) is 2.24. The third kappa shape index (κ3) is 3.35. The highest BCUT2D eigenvalue weighted by Crippen LogP contribution is 2.41. The number of carbonyl (C=O) groups is 1. The van der Waals surface area contributed by atoms with Crippen LogP contribution in [0.3, 0.4) is 0 Å². The standard InChI is InChI=1S/C20H28N2O2/c23-19(21-14-17-6-7-17)20-10-13-24-18(20)9-12-22(15-20)11-8-16-4-2-1-3-5-16/h1-5,17-18H,6-15H2,(H,21,23)/t18-,20-/m1/s1. The molecule has 2 saturated heterocycles. The number of likely N-dealkylation sites (tertiary alicyclic amines) is 1. The van der Waals surface area contributed by atoms with E-state index in [2.05, 4.69) is 40.5 Å². The Morgan fingerprint density at radius 1 is 1.25 bits per heavy atom. The summed E-state index contributed by atoms with van der Waals surface area (Å²) in [6.07, 6.45) is 5.56. The summed E-state index contributed by atoms with van der Waals surface area (Å²) in [5, 5.41) is 3.23. The van der Waals surface area contributed by atoms with Gasteiger partial charge in [-0.15, -0.1) is 0 Å². The first kappa shape index (κ1) is 16.1. The number of nitrogens with one attached hydrogen (secondary N) is 1. The lowest BCUT2D eigenvalue weighted by molar-refractivity contribution is -0.139. The van der Waals surface area contributed by atoms with Gasteiger partial charge in [0.1, 0.15) is 0 Å². The molecule has 1 N–H and O–H groups in total. The lowest BCUT2D eigenvalue weighted by atomic mass is 9.75. The van der Waals surface area contributed by atoms with E-state index < -0.39 is 0 Å². The van der Waals surface area contributed by atoms with Crippen LogP contribution in [-0.2, 0) is 16.0 Å². The monoisotopic (exact) mass is 328 g/mol. The van der Waals surface area contributed by atoms with Crippen molar-refractivity contribution >= 4 is 5.91 Å². The summed E-state index contributed by atoms with van der Waals surface area (Å²) in [4.78, 5) is 15.4. The van der Waals surface area contributed by atoms with Crippen molar-refractivity contribution in [2.24, 2.45) is 11.3 Å². The fourth-order valence-corrected chi connectivity index (χ4v) is 4.21. The number of carbonyl (C=O) groups excluding carboxylic acids is 1. The number of ether oxygens (including phenoxy) is 1. The van der Waals surface area contributed by atoms with Crippen molar-refractivity contribution in [2.75, 3.05) is 32.8 Å². The fourth-order valence-electron chi connectivity index (χ4n) is 4.21. The lowest BCUT2D eigenvalue weighted by Crippen LogP contribution is -2.57. The van der Waals surface area contributed by atoms with Crippen LogP contribution >= 0.6 is 0 Å². The number of hydrogen-bond acceptors (Lipinski definition) is 3. The van der Waals surface area contributed by atoms with E-state index in [4.69, 9.17) is 4.74 Å². The van der Waals surface area contributed by atoms with E-state index in [9.17, 15) is 4.79 Å². The highest BCUT2D eigenvalue weighted by Gasteiger charge is 2.53. The molecular formula is C20H28N2O2. The van der Waals surface area contributed by atoms with Crippen LogP contribution in [0.1, 0.15) is 31.2 Å². The number of benzene rings is 1. The molecule has 3 aliphatic rings. The van der Waals surface area contributed by atoms with E-state index in [0.717, 1.165) is 58.0 Å². The SMILES string of the molecule is O=C(NCC1CC1)[C@@]12CCO[C@@H]1CCN(CCc1ccccc1)C2. The van der Waals surface area contributed by atoms with Crippen molar-refractivity contribution in [1.29, 1.82) is 0 Å².